The molecule has 0 saturated carbocycles. The van der Waals surface area contributed by atoms with E-state index >= 15 is 0 Å². The highest BCUT2D eigenvalue weighted by atomic mass is 32.1. The first-order chi connectivity index (χ1) is 11.1. The van der Waals surface area contributed by atoms with Crippen molar-refractivity contribution in [3.8, 4) is 0 Å². The number of hydrogen-bond acceptors (Lipinski definition) is 3. The Morgan fingerprint density at radius 2 is 2.13 bits per heavy atom. The van der Waals surface area contributed by atoms with E-state index in [1.54, 1.807) is 0 Å². The fraction of sp³-hybridized carbons (Fsp3) is 0.421. The molecule has 0 fully saturated rings. The minimum absolute atomic E-state index is 0.193. The molecule has 0 aliphatic carbocycles. The number of rotatable bonds is 4. The van der Waals surface area contributed by atoms with Crippen LogP contribution in [-0.4, -0.2) is 35.8 Å². The van der Waals surface area contributed by atoms with Crippen molar-refractivity contribution in [2.24, 2.45) is 0 Å². The number of carbonyl (C=O) groups is 1. The van der Waals surface area contributed by atoms with Gasteiger partial charge in [-0.1, -0.05) is 24.3 Å². The monoisotopic (exact) mass is 328 g/mol. The first-order valence-electron chi connectivity index (χ1n) is 8.15. The Balaban J connectivity index is 1.62. The molecule has 2 aromatic rings. The molecule has 1 aromatic carbocycles. The number of amides is 1. The fourth-order valence-corrected chi connectivity index (χ4v) is 4.17. The van der Waals surface area contributed by atoms with Crippen LogP contribution in [0.5, 0.6) is 0 Å². The lowest BCUT2D eigenvalue weighted by molar-refractivity contribution is -0.132. The summed E-state index contributed by atoms with van der Waals surface area (Å²) in [5.74, 6) is 0.193. The van der Waals surface area contributed by atoms with E-state index in [0.29, 0.717) is 19.1 Å². The van der Waals surface area contributed by atoms with Gasteiger partial charge in [0.15, 0.2) is 0 Å². The third-order valence-electron chi connectivity index (χ3n) is 4.84. The molecular weight excluding hydrogens is 304 g/mol. The third kappa shape index (κ3) is 3.48. The van der Waals surface area contributed by atoms with Crippen molar-refractivity contribution in [1.82, 2.24) is 9.80 Å². The van der Waals surface area contributed by atoms with Gasteiger partial charge in [-0.25, -0.2) is 0 Å². The zero-order valence-electron chi connectivity index (χ0n) is 14.1. The van der Waals surface area contributed by atoms with Gasteiger partial charge >= 0.3 is 0 Å². The second kappa shape index (κ2) is 6.85. The van der Waals surface area contributed by atoms with Crippen LogP contribution < -0.4 is 0 Å². The SMILES string of the molecule is Cc1ccccc1CN(C)C(=O)CN1CCc2sccc2[C@@H]1C. The maximum Gasteiger partial charge on any atom is 0.236 e. The first kappa shape index (κ1) is 16.2. The summed E-state index contributed by atoms with van der Waals surface area (Å²) in [6.07, 6.45) is 1.06. The van der Waals surface area contributed by atoms with Gasteiger partial charge in [0.05, 0.1) is 6.54 Å². The zero-order chi connectivity index (χ0) is 16.4. The predicted octanol–water partition coefficient (Wildman–Crippen LogP) is 3.63. The average Bonchev–Trinajstić information content (AvgIpc) is 3.01. The van der Waals surface area contributed by atoms with Crippen molar-refractivity contribution in [3.05, 3.63) is 57.3 Å². The van der Waals surface area contributed by atoms with Crippen molar-refractivity contribution >= 4 is 17.2 Å². The molecule has 1 aromatic heterocycles. The summed E-state index contributed by atoms with van der Waals surface area (Å²) in [6, 6.07) is 10.8. The van der Waals surface area contributed by atoms with Crippen molar-refractivity contribution in [2.75, 3.05) is 20.1 Å². The van der Waals surface area contributed by atoms with Gasteiger partial charge in [0.25, 0.3) is 0 Å². The third-order valence-corrected chi connectivity index (χ3v) is 5.83. The van der Waals surface area contributed by atoms with E-state index in [1.165, 1.54) is 21.6 Å². The molecule has 0 saturated heterocycles. The lowest BCUT2D eigenvalue weighted by Gasteiger charge is -2.34. The molecule has 3 rings (SSSR count). The first-order valence-corrected chi connectivity index (χ1v) is 9.03. The quantitative estimate of drug-likeness (QED) is 0.855. The summed E-state index contributed by atoms with van der Waals surface area (Å²) < 4.78 is 0. The molecule has 0 unspecified atom stereocenters. The van der Waals surface area contributed by atoms with Crippen LogP contribution in [0.2, 0.25) is 0 Å². The molecule has 4 heteroatoms. The highest BCUT2D eigenvalue weighted by molar-refractivity contribution is 7.10. The summed E-state index contributed by atoms with van der Waals surface area (Å²) in [5, 5.41) is 2.16. The number of fused-ring (bicyclic) bond motifs is 1. The number of benzene rings is 1. The fourth-order valence-electron chi connectivity index (χ4n) is 3.20. The normalized spacial score (nSPS) is 17.8. The van der Waals surface area contributed by atoms with Crippen LogP contribution in [0.1, 0.15) is 34.5 Å². The van der Waals surface area contributed by atoms with Crippen LogP contribution in [0.4, 0.5) is 0 Å². The predicted molar refractivity (Wildman–Crippen MR) is 95.7 cm³/mol. The van der Waals surface area contributed by atoms with Crippen molar-refractivity contribution in [1.29, 1.82) is 0 Å². The van der Waals surface area contributed by atoms with Crippen molar-refractivity contribution in [2.45, 2.75) is 32.9 Å². The minimum atomic E-state index is 0.193. The molecule has 0 N–H and O–H groups in total. The van der Waals surface area contributed by atoms with E-state index in [9.17, 15) is 4.79 Å². The molecule has 122 valence electrons. The number of carbonyl (C=O) groups excluding carboxylic acids is 1. The Labute approximate surface area is 142 Å². The largest absolute Gasteiger partial charge is 0.340 e. The molecule has 1 aliphatic rings. The summed E-state index contributed by atoms with van der Waals surface area (Å²) in [6.45, 7) is 6.45. The molecule has 0 bridgehead atoms. The Morgan fingerprint density at radius 3 is 2.91 bits per heavy atom. The highest BCUT2D eigenvalue weighted by Crippen LogP contribution is 2.32. The summed E-state index contributed by atoms with van der Waals surface area (Å²) in [7, 11) is 1.90. The minimum Gasteiger partial charge on any atom is -0.340 e. The van der Waals surface area contributed by atoms with Crippen LogP contribution in [0.3, 0.4) is 0 Å². The average molecular weight is 328 g/mol. The van der Waals surface area contributed by atoms with E-state index in [-0.39, 0.29) is 5.91 Å². The molecule has 3 nitrogen and oxygen atoms in total. The summed E-state index contributed by atoms with van der Waals surface area (Å²) in [5.41, 5.74) is 3.85. The molecule has 0 spiro atoms. The van der Waals surface area contributed by atoms with E-state index in [4.69, 9.17) is 0 Å². The van der Waals surface area contributed by atoms with Gasteiger partial charge in [-0.2, -0.15) is 0 Å². The zero-order valence-corrected chi connectivity index (χ0v) is 14.9. The van der Waals surface area contributed by atoms with Crippen molar-refractivity contribution < 1.29 is 4.79 Å². The Bertz CT molecular complexity index is 694. The number of nitrogens with zero attached hydrogens (tertiary/aromatic N) is 2. The lowest BCUT2D eigenvalue weighted by atomic mass is 10.0. The summed E-state index contributed by atoms with van der Waals surface area (Å²) >= 11 is 1.84. The second-order valence-corrected chi connectivity index (χ2v) is 7.37. The van der Waals surface area contributed by atoms with Gasteiger partial charge < -0.3 is 4.90 Å². The van der Waals surface area contributed by atoms with E-state index in [0.717, 1.165) is 13.0 Å². The maximum atomic E-state index is 12.6. The topological polar surface area (TPSA) is 23.6 Å². The van der Waals surface area contributed by atoms with E-state index in [2.05, 4.69) is 42.3 Å². The molecule has 1 aliphatic heterocycles. The van der Waals surface area contributed by atoms with Gasteiger partial charge in [-0.15, -0.1) is 11.3 Å². The van der Waals surface area contributed by atoms with Crippen molar-refractivity contribution in [3.63, 3.8) is 0 Å². The van der Waals surface area contributed by atoms with Gasteiger partial charge in [-0.3, -0.25) is 9.69 Å². The molecule has 23 heavy (non-hydrogen) atoms. The number of thiophene rings is 1. The molecule has 2 heterocycles. The van der Waals surface area contributed by atoms with Crippen LogP contribution >= 0.6 is 11.3 Å². The number of aryl methyl sites for hydroxylation is 1. The van der Waals surface area contributed by atoms with E-state index in [1.807, 2.05) is 35.4 Å². The van der Waals surface area contributed by atoms with Gasteiger partial charge in [0, 0.05) is 31.1 Å². The smallest absolute Gasteiger partial charge is 0.236 e. The van der Waals surface area contributed by atoms with Crippen LogP contribution in [0.15, 0.2) is 35.7 Å². The van der Waals surface area contributed by atoms with Gasteiger partial charge in [-0.05, 0) is 48.4 Å². The highest BCUT2D eigenvalue weighted by Gasteiger charge is 2.27. The standard InChI is InChI=1S/C19H24N2OS/c1-14-6-4-5-7-16(14)12-20(3)19(22)13-21-10-8-18-17(15(21)2)9-11-23-18/h4-7,9,11,15H,8,10,12-13H2,1-3H3/t15-/m0/s1. The number of hydrogen-bond donors (Lipinski definition) is 0. The maximum absolute atomic E-state index is 12.6. The molecular formula is C19H24N2OS. The Morgan fingerprint density at radius 1 is 1.35 bits per heavy atom. The number of likely N-dealkylation sites (N-methyl/N-ethyl adjacent to an activating group) is 1. The molecule has 1 amide bonds. The van der Waals surface area contributed by atoms with Crippen LogP contribution in [0.25, 0.3) is 0 Å². The Hall–Kier alpha value is -1.65. The van der Waals surface area contributed by atoms with Gasteiger partial charge in [0.2, 0.25) is 5.91 Å². The van der Waals surface area contributed by atoms with Crippen LogP contribution in [-0.2, 0) is 17.8 Å². The molecule has 1 atom stereocenters. The Kier molecular flexibility index (Phi) is 4.83. The van der Waals surface area contributed by atoms with Crippen LogP contribution in [0, 0.1) is 6.92 Å². The lowest BCUT2D eigenvalue weighted by Crippen LogP contribution is -2.42. The van der Waals surface area contributed by atoms with Gasteiger partial charge in [0.1, 0.15) is 0 Å². The second-order valence-electron chi connectivity index (χ2n) is 6.37. The molecule has 0 radical (unpaired) electrons. The summed E-state index contributed by atoms with van der Waals surface area (Å²) in [4.78, 5) is 18.2. The van der Waals surface area contributed by atoms with E-state index < -0.39 is 0 Å².